The summed E-state index contributed by atoms with van der Waals surface area (Å²) in [7, 11) is 0. The lowest BCUT2D eigenvalue weighted by atomic mass is 10.2. The van der Waals surface area contributed by atoms with Crippen LogP contribution in [-0.2, 0) is 19.1 Å². The van der Waals surface area contributed by atoms with Gasteiger partial charge in [-0.1, -0.05) is 23.2 Å². The zero-order valence-corrected chi connectivity index (χ0v) is 16.2. The van der Waals surface area contributed by atoms with Crippen molar-refractivity contribution in [2.75, 3.05) is 18.5 Å². The van der Waals surface area contributed by atoms with Crippen LogP contribution in [-0.4, -0.2) is 41.6 Å². The maximum Gasteiger partial charge on any atom is 0.374 e. The van der Waals surface area contributed by atoms with E-state index in [0.717, 1.165) is 6.21 Å². The number of aliphatic hydroxyl groups excluding tert-OH is 1. The van der Waals surface area contributed by atoms with Crippen LogP contribution in [0.15, 0.2) is 34.5 Å². The molecule has 1 aromatic rings. The summed E-state index contributed by atoms with van der Waals surface area (Å²) in [4.78, 5) is 27.4. The van der Waals surface area contributed by atoms with Gasteiger partial charge in [0, 0.05) is 11.9 Å². The molecule has 10 heteroatoms. The number of rotatable bonds is 6. The SMILES string of the molecule is CCOC(=O)/C(O)=C(/C=N/C(=S)Nc1ccc(Cl)c(Cl)c1)C(=O)OCC. The van der Waals surface area contributed by atoms with Crippen molar-refractivity contribution >= 4 is 64.4 Å². The number of nitrogens with zero attached hydrogens (tertiary/aromatic N) is 1. The second-order valence-electron chi connectivity index (χ2n) is 4.52. The van der Waals surface area contributed by atoms with Crippen LogP contribution < -0.4 is 5.32 Å². The molecule has 0 atom stereocenters. The van der Waals surface area contributed by atoms with Crippen molar-refractivity contribution in [2.45, 2.75) is 13.8 Å². The fraction of sp³-hybridized carbons (Fsp3) is 0.250. The summed E-state index contributed by atoms with van der Waals surface area (Å²) >= 11 is 16.8. The van der Waals surface area contributed by atoms with Crippen molar-refractivity contribution in [3.63, 3.8) is 0 Å². The molecule has 0 spiro atoms. The number of halogens is 2. The minimum atomic E-state index is -1.08. The van der Waals surface area contributed by atoms with Gasteiger partial charge in [-0.05, 0) is 44.3 Å². The fourth-order valence-electron chi connectivity index (χ4n) is 1.58. The molecule has 0 unspecified atom stereocenters. The van der Waals surface area contributed by atoms with Gasteiger partial charge in [-0.3, -0.25) is 0 Å². The molecule has 0 aromatic heterocycles. The van der Waals surface area contributed by atoms with Gasteiger partial charge in [0.25, 0.3) is 0 Å². The highest BCUT2D eigenvalue weighted by Gasteiger charge is 2.21. The summed E-state index contributed by atoms with van der Waals surface area (Å²) in [5, 5.41) is 13.3. The van der Waals surface area contributed by atoms with Crippen molar-refractivity contribution in [1.29, 1.82) is 0 Å². The molecule has 0 fully saturated rings. The maximum atomic E-state index is 11.9. The number of ether oxygens (including phenoxy) is 2. The van der Waals surface area contributed by atoms with E-state index in [4.69, 9.17) is 40.2 Å². The van der Waals surface area contributed by atoms with Gasteiger partial charge in [0.2, 0.25) is 5.76 Å². The molecule has 7 nitrogen and oxygen atoms in total. The number of benzene rings is 1. The summed E-state index contributed by atoms with van der Waals surface area (Å²) in [5.74, 6) is -2.95. The number of carbonyl (C=O) groups excluding carboxylic acids is 2. The van der Waals surface area contributed by atoms with Crippen LogP contribution in [0.5, 0.6) is 0 Å². The number of aliphatic imine (C=N–C) groups is 1. The molecule has 0 aliphatic rings. The third-order valence-electron chi connectivity index (χ3n) is 2.70. The number of hydrogen-bond donors (Lipinski definition) is 2. The molecule has 0 saturated heterocycles. The number of thiocarbonyl (C=S) groups is 1. The minimum absolute atomic E-state index is 0.0213. The average molecular weight is 419 g/mol. The molecule has 0 aliphatic heterocycles. The lowest BCUT2D eigenvalue weighted by Crippen LogP contribution is -2.18. The van der Waals surface area contributed by atoms with Crippen molar-refractivity contribution in [2.24, 2.45) is 4.99 Å². The third kappa shape index (κ3) is 6.62. The molecule has 26 heavy (non-hydrogen) atoms. The van der Waals surface area contributed by atoms with Gasteiger partial charge < -0.3 is 19.9 Å². The van der Waals surface area contributed by atoms with Crippen LogP contribution >= 0.6 is 35.4 Å². The van der Waals surface area contributed by atoms with Gasteiger partial charge in [0.05, 0.1) is 23.3 Å². The number of aliphatic hydroxyl groups is 1. The highest BCUT2D eigenvalue weighted by Crippen LogP contribution is 2.25. The molecule has 140 valence electrons. The van der Waals surface area contributed by atoms with Crippen molar-refractivity contribution in [3.8, 4) is 0 Å². The summed E-state index contributed by atoms with van der Waals surface area (Å²) < 4.78 is 9.43. The zero-order chi connectivity index (χ0) is 19.7. The summed E-state index contributed by atoms with van der Waals surface area (Å²) in [6.45, 7) is 3.19. The first-order valence-corrected chi connectivity index (χ1v) is 8.54. The van der Waals surface area contributed by atoms with E-state index in [2.05, 4.69) is 15.0 Å². The predicted molar refractivity (Wildman–Crippen MR) is 104 cm³/mol. The Hall–Kier alpha value is -2.16. The second-order valence-corrected chi connectivity index (χ2v) is 5.72. The molecular weight excluding hydrogens is 403 g/mol. The van der Waals surface area contributed by atoms with E-state index in [0.29, 0.717) is 15.7 Å². The van der Waals surface area contributed by atoms with Crippen LogP contribution in [0.1, 0.15) is 13.8 Å². The molecule has 1 aromatic carbocycles. The Balaban J connectivity index is 2.99. The molecule has 0 heterocycles. The Morgan fingerprint density at radius 1 is 1.19 bits per heavy atom. The molecule has 0 saturated carbocycles. The van der Waals surface area contributed by atoms with Crippen molar-refractivity contribution in [1.82, 2.24) is 0 Å². The average Bonchev–Trinajstić information content (AvgIpc) is 2.58. The minimum Gasteiger partial charge on any atom is -0.501 e. The third-order valence-corrected chi connectivity index (χ3v) is 3.65. The van der Waals surface area contributed by atoms with Gasteiger partial charge in [-0.2, -0.15) is 0 Å². The highest BCUT2D eigenvalue weighted by molar-refractivity contribution is 7.80. The van der Waals surface area contributed by atoms with E-state index in [1.54, 1.807) is 26.0 Å². The predicted octanol–water partition coefficient (Wildman–Crippen LogP) is 3.70. The van der Waals surface area contributed by atoms with E-state index < -0.39 is 23.3 Å². The standard InChI is InChI=1S/C16H16Cl2N2O5S/c1-3-24-14(22)10(13(21)15(23)25-4-2)8-19-16(26)20-9-5-6-11(17)12(18)7-9/h5-8,21H,3-4H2,1-2H3,(H,20,26)/b13-10+,19-8+. The molecule has 1 rings (SSSR count). The zero-order valence-electron chi connectivity index (χ0n) is 13.9. The Labute approximate surface area is 165 Å². The number of anilines is 1. The van der Waals surface area contributed by atoms with E-state index in [9.17, 15) is 14.7 Å². The monoisotopic (exact) mass is 418 g/mol. The highest BCUT2D eigenvalue weighted by atomic mass is 35.5. The largest absolute Gasteiger partial charge is 0.501 e. The van der Waals surface area contributed by atoms with E-state index in [1.807, 2.05) is 0 Å². The quantitative estimate of drug-likeness (QED) is 0.239. The van der Waals surface area contributed by atoms with Crippen molar-refractivity contribution in [3.05, 3.63) is 39.6 Å². The van der Waals surface area contributed by atoms with E-state index >= 15 is 0 Å². The first-order chi connectivity index (χ1) is 12.3. The van der Waals surface area contributed by atoms with Crippen LogP contribution in [0.2, 0.25) is 10.0 Å². The Morgan fingerprint density at radius 3 is 2.38 bits per heavy atom. The molecule has 0 bridgehead atoms. The smallest absolute Gasteiger partial charge is 0.374 e. The summed E-state index contributed by atoms with van der Waals surface area (Å²) in [6.07, 6.45) is 0.914. The number of esters is 2. The Kier molecular flexibility index (Phi) is 9.04. The van der Waals surface area contributed by atoms with Crippen LogP contribution in [0.4, 0.5) is 5.69 Å². The van der Waals surface area contributed by atoms with Gasteiger partial charge in [0.15, 0.2) is 5.11 Å². The van der Waals surface area contributed by atoms with Crippen LogP contribution in [0.25, 0.3) is 0 Å². The fourth-order valence-corrected chi connectivity index (χ4v) is 2.05. The normalized spacial score (nSPS) is 11.7. The lowest BCUT2D eigenvalue weighted by Gasteiger charge is -2.07. The molecule has 2 N–H and O–H groups in total. The summed E-state index contributed by atoms with van der Waals surface area (Å²) in [6, 6.07) is 4.72. The number of carbonyl (C=O) groups is 2. The first kappa shape index (κ1) is 21.9. The molecular formula is C16H16Cl2N2O5S. The van der Waals surface area contributed by atoms with Gasteiger partial charge in [-0.25, -0.2) is 14.6 Å². The molecule has 0 radical (unpaired) electrons. The number of hydrogen-bond acceptors (Lipinski definition) is 6. The van der Waals surface area contributed by atoms with E-state index in [-0.39, 0.29) is 18.3 Å². The van der Waals surface area contributed by atoms with Gasteiger partial charge >= 0.3 is 11.9 Å². The molecule has 0 aliphatic carbocycles. The Morgan fingerprint density at radius 2 is 1.81 bits per heavy atom. The number of nitrogens with one attached hydrogen (secondary N) is 1. The van der Waals surface area contributed by atoms with Gasteiger partial charge in [0.1, 0.15) is 5.57 Å². The van der Waals surface area contributed by atoms with E-state index in [1.165, 1.54) is 6.07 Å². The van der Waals surface area contributed by atoms with Crippen LogP contribution in [0, 0.1) is 0 Å². The topological polar surface area (TPSA) is 97.2 Å². The first-order valence-electron chi connectivity index (χ1n) is 7.37. The van der Waals surface area contributed by atoms with Crippen LogP contribution in [0.3, 0.4) is 0 Å². The van der Waals surface area contributed by atoms with Crippen molar-refractivity contribution < 1.29 is 24.2 Å². The Bertz CT molecular complexity index is 765. The van der Waals surface area contributed by atoms with Gasteiger partial charge in [-0.15, -0.1) is 0 Å². The second kappa shape index (κ2) is 10.7. The molecule has 0 amide bonds. The maximum absolute atomic E-state index is 11.9. The summed E-state index contributed by atoms with van der Waals surface area (Å²) in [5.41, 5.74) is 0.0291. The lowest BCUT2D eigenvalue weighted by molar-refractivity contribution is -0.143.